The van der Waals surface area contributed by atoms with Crippen LogP contribution in [0.5, 0.6) is 0 Å². The number of piperidine rings is 2. The third-order valence-corrected chi connectivity index (χ3v) is 5.43. The average molecular weight is 398 g/mol. The van der Waals surface area contributed by atoms with Crippen molar-refractivity contribution in [2.75, 3.05) is 41.3 Å². The lowest BCUT2D eigenvalue weighted by atomic mass is 10.0. The molecule has 0 amide bonds. The van der Waals surface area contributed by atoms with Gasteiger partial charge in [0.05, 0.1) is 6.20 Å². The minimum absolute atomic E-state index is 0.00520. The summed E-state index contributed by atoms with van der Waals surface area (Å²) in [6, 6.07) is 10.00. The van der Waals surface area contributed by atoms with E-state index in [1.54, 1.807) is 6.20 Å². The number of para-hydroxylation sites is 1. The minimum Gasteiger partial charge on any atom is -0.352 e. The van der Waals surface area contributed by atoms with E-state index in [1.807, 2.05) is 30.3 Å². The molecule has 1 aromatic carbocycles. The fraction of sp³-hybridized carbons (Fsp3) is 0.500. The van der Waals surface area contributed by atoms with E-state index in [4.69, 9.17) is 32.9 Å². The molecule has 4 rings (SSSR count). The summed E-state index contributed by atoms with van der Waals surface area (Å²) in [7, 11) is 0. The summed E-state index contributed by atoms with van der Waals surface area (Å²) < 4.78 is 0. The first-order valence-corrected chi connectivity index (χ1v) is 10.2. The number of nitrogens with zero attached hydrogens (tertiary/aromatic N) is 4. The van der Waals surface area contributed by atoms with Crippen molar-refractivity contribution in [3.63, 3.8) is 0 Å². The Balaban J connectivity index is 1.67. The third-order valence-electron chi connectivity index (χ3n) is 5.43. The maximum atomic E-state index is 6.24. The second-order valence-corrected chi connectivity index (χ2v) is 8.21. The van der Waals surface area contributed by atoms with Crippen LogP contribution in [0.3, 0.4) is 0 Å². The highest BCUT2D eigenvalue weighted by Gasteiger charge is 2.28. The number of nitrogens with one attached hydrogen (secondary N) is 1. The summed E-state index contributed by atoms with van der Waals surface area (Å²) in [4.78, 5) is 13.9. The number of nitrogens with two attached hydrogens (primary N) is 4. The van der Waals surface area contributed by atoms with Gasteiger partial charge in [-0.05, 0) is 25.0 Å². The number of benzene rings is 1. The third kappa shape index (κ3) is 4.76. The van der Waals surface area contributed by atoms with Crippen LogP contribution >= 0.6 is 0 Å². The zero-order valence-electron chi connectivity index (χ0n) is 16.6. The Hall–Kier alpha value is -2.46. The Morgan fingerprint density at radius 1 is 0.793 bits per heavy atom. The van der Waals surface area contributed by atoms with E-state index in [2.05, 4.69) is 15.1 Å². The number of anilines is 4. The summed E-state index contributed by atoms with van der Waals surface area (Å²) in [5.74, 6) is 2.22. The number of rotatable bonds is 4. The molecule has 0 aliphatic carbocycles. The Bertz CT molecular complexity index is 795. The molecular weight excluding hydrogens is 366 g/mol. The van der Waals surface area contributed by atoms with Crippen LogP contribution in [0.2, 0.25) is 0 Å². The lowest BCUT2D eigenvalue weighted by Gasteiger charge is -2.38. The van der Waals surface area contributed by atoms with Crippen molar-refractivity contribution in [3.8, 4) is 0 Å². The van der Waals surface area contributed by atoms with Gasteiger partial charge < -0.3 is 38.1 Å². The molecule has 4 atom stereocenters. The smallest absolute Gasteiger partial charge is 0.174 e. The summed E-state index contributed by atoms with van der Waals surface area (Å²) >= 11 is 0. The van der Waals surface area contributed by atoms with E-state index in [1.165, 1.54) is 0 Å². The summed E-state index contributed by atoms with van der Waals surface area (Å²) in [6.07, 6.45) is 3.41. The predicted octanol–water partition coefficient (Wildman–Crippen LogP) is -0.0504. The van der Waals surface area contributed by atoms with Crippen molar-refractivity contribution in [3.05, 3.63) is 36.5 Å². The van der Waals surface area contributed by atoms with Crippen LogP contribution in [0.25, 0.3) is 0 Å². The largest absolute Gasteiger partial charge is 0.352 e. The first kappa shape index (κ1) is 19.8. The van der Waals surface area contributed by atoms with Gasteiger partial charge in [-0.2, -0.15) is 0 Å². The van der Waals surface area contributed by atoms with Crippen LogP contribution in [0.1, 0.15) is 12.8 Å². The quantitative estimate of drug-likeness (QED) is 0.479. The second-order valence-electron chi connectivity index (χ2n) is 8.21. The van der Waals surface area contributed by atoms with Crippen molar-refractivity contribution in [2.24, 2.45) is 22.9 Å². The highest BCUT2D eigenvalue weighted by atomic mass is 15.3. The lowest BCUT2D eigenvalue weighted by Crippen LogP contribution is -2.53. The highest BCUT2D eigenvalue weighted by Crippen LogP contribution is 2.30. The van der Waals surface area contributed by atoms with Crippen LogP contribution in [-0.2, 0) is 0 Å². The molecule has 0 radical (unpaired) electrons. The molecule has 4 unspecified atom stereocenters. The molecule has 9 nitrogen and oxygen atoms in total. The van der Waals surface area contributed by atoms with E-state index < -0.39 is 0 Å². The molecule has 1 aromatic heterocycles. The van der Waals surface area contributed by atoms with Crippen molar-refractivity contribution >= 4 is 23.1 Å². The number of aromatic nitrogens is 2. The minimum atomic E-state index is 0.00520. The van der Waals surface area contributed by atoms with Crippen LogP contribution in [0, 0.1) is 0 Å². The molecule has 156 valence electrons. The number of hydrogen-bond donors (Lipinski definition) is 5. The van der Waals surface area contributed by atoms with Gasteiger partial charge in [0.25, 0.3) is 0 Å². The first-order chi connectivity index (χ1) is 14.0. The van der Waals surface area contributed by atoms with Crippen molar-refractivity contribution < 1.29 is 0 Å². The fourth-order valence-corrected chi connectivity index (χ4v) is 4.21. The summed E-state index contributed by atoms with van der Waals surface area (Å²) in [5.41, 5.74) is 25.8. The Morgan fingerprint density at radius 2 is 1.34 bits per heavy atom. The van der Waals surface area contributed by atoms with Gasteiger partial charge in [-0.25, -0.2) is 9.97 Å². The molecule has 0 spiro atoms. The monoisotopic (exact) mass is 397 g/mol. The van der Waals surface area contributed by atoms with Gasteiger partial charge in [0, 0.05) is 56.0 Å². The molecule has 2 aliphatic heterocycles. The van der Waals surface area contributed by atoms with Crippen LogP contribution in [-0.4, -0.2) is 60.3 Å². The number of hydrogen-bond acceptors (Lipinski definition) is 9. The predicted molar refractivity (Wildman–Crippen MR) is 117 cm³/mol. The van der Waals surface area contributed by atoms with Crippen molar-refractivity contribution in [1.29, 1.82) is 0 Å². The fourth-order valence-electron chi connectivity index (χ4n) is 4.21. The molecule has 0 saturated carbocycles. The van der Waals surface area contributed by atoms with Crippen molar-refractivity contribution in [2.45, 2.75) is 37.0 Å². The molecule has 3 heterocycles. The van der Waals surface area contributed by atoms with Gasteiger partial charge in [0.1, 0.15) is 5.82 Å². The van der Waals surface area contributed by atoms with Gasteiger partial charge >= 0.3 is 0 Å². The zero-order valence-corrected chi connectivity index (χ0v) is 16.6. The maximum Gasteiger partial charge on any atom is 0.174 e. The van der Waals surface area contributed by atoms with Gasteiger partial charge in [-0.15, -0.1) is 0 Å². The second kappa shape index (κ2) is 8.50. The topological polar surface area (TPSA) is 148 Å². The van der Waals surface area contributed by atoms with E-state index in [0.29, 0.717) is 32.0 Å². The van der Waals surface area contributed by atoms with E-state index in [9.17, 15) is 0 Å². The van der Waals surface area contributed by atoms with Crippen LogP contribution < -0.4 is 38.1 Å². The zero-order chi connectivity index (χ0) is 20.4. The van der Waals surface area contributed by atoms with Crippen LogP contribution in [0.15, 0.2) is 36.5 Å². The molecule has 9 N–H and O–H groups in total. The molecular formula is C20H31N9. The SMILES string of the molecule is NC1CC(N)CN(c2cnc(Nc3ccccc3)c(N3CC(N)CC(N)C3)n2)C1. The lowest BCUT2D eigenvalue weighted by molar-refractivity contribution is 0.445. The van der Waals surface area contributed by atoms with Gasteiger partial charge in [-0.1, -0.05) is 18.2 Å². The molecule has 29 heavy (non-hydrogen) atoms. The van der Waals surface area contributed by atoms with E-state index in [0.717, 1.165) is 30.2 Å². The maximum absolute atomic E-state index is 6.24. The Kier molecular flexibility index (Phi) is 5.81. The Morgan fingerprint density at radius 3 is 1.93 bits per heavy atom. The average Bonchev–Trinajstić information content (AvgIpc) is 2.67. The standard InChI is InChI=1S/C20H31N9/c21-13-6-14(22)10-28(9-13)18-8-25-19(26-17-4-2-1-3-5-17)20(27-18)29-11-15(23)7-16(24)12-29/h1-5,8,13-16H,6-7,9-12,21-24H2,(H,25,26). The molecule has 9 heteroatoms. The van der Waals surface area contributed by atoms with Gasteiger partial charge in [0.15, 0.2) is 11.6 Å². The normalized spacial score (nSPS) is 27.7. The molecule has 2 aliphatic rings. The highest BCUT2D eigenvalue weighted by molar-refractivity contribution is 5.70. The van der Waals surface area contributed by atoms with Crippen molar-refractivity contribution in [1.82, 2.24) is 9.97 Å². The van der Waals surface area contributed by atoms with Crippen LogP contribution in [0.4, 0.5) is 23.1 Å². The first-order valence-electron chi connectivity index (χ1n) is 10.2. The summed E-state index contributed by atoms with van der Waals surface area (Å²) in [6.45, 7) is 2.81. The molecule has 2 saturated heterocycles. The van der Waals surface area contributed by atoms with E-state index in [-0.39, 0.29) is 24.2 Å². The Labute approximate surface area is 171 Å². The molecule has 0 bridgehead atoms. The van der Waals surface area contributed by atoms with Gasteiger partial charge in [-0.3, -0.25) is 0 Å². The van der Waals surface area contributed by atoms with E-state index >= 15 is 0 Å². The van der Waals surface area contributed by atoms with Gasteiger partial charge in [0.2, 0.25) is 0 Å². The molecule has 2 aromatic rings. The summed E-state index contributed by atoms with van der Waals surface area (Å²) in [5, 5.41) is 3.38. The molecule has 2 fully saturated rings.